The van der Waals surface area contributed by atoms with E-state index in [2.05, 4.69) is 23.3 Å². The van der Waals surface area contributed by atoms with Gasteiger partial charge < -0.3 is 20.1 Å². The zero-order valence-corrected chi connectivity index (χ0v) is 22.3. The third kappa shape index (κ3) is 6.83. The highest BCUT2D eigenvalue weighted by Crippen LogP contribution is 2.41. The van der Waals surface area contributed by atoms with Gasteiger partial charge in [-0.1, -0.05) is 42.6 Å². The fourth-order valence-electron chi connectivity index (χ4n) is 3.92. The molecule has 8 heteroatoms. The van der Waals surface area contributed by atoms with Crippen LogP contribution in [-0.2, 0) is 14.3 Å². The number of nitrogens with one attached hydrogen (secondary N) is 2. The number of benzene rings is 2. The molecular weight excluding hydrogens is 486 g/mol. The number of carbonyl (C=O) groups is 2. The number of nitriles is 1. The summed E-state index contributed by atoms with van der Waals surface area (Å²) < 4.78 is 10.9. The average molecular weight is 518 g/mol. The van der Waals surface area contributed by atoms with Crippen LogP contribution in [0.2, 0.25) is 0 Å². The lowest BCUT2D eigenvalue weighted by atomic mass is 9.82. The molecule has 1 amide bonds. The van der Waals surface area contributed by atoms with Gasteiger partial charge in [-0.15, -0.1) is 0 Å². The van der Waals surface area contributed by atoms with Crippen molar-refractivity contribution in [2.75, 3.05) is 24.3 Å². The Morgan fingerprint density at radius 3 is 2.51 bits per heavy atom. The molecule has 0 spiro atoms. The van der Waals surface area contributed by atoms with Crippen molar-refractivity contribution in [3.63, 3.8) is 0 Å². The average Bonchev–Trinajstić information content (AvgIpc) is 2.88. The first-order valence-electron chi connectivity index (χ1n) is 11.9. The van der Waals surface area contributed by atoms with E-state index in [1.165, 1.54) is 17.8 Å². The molecule has 1 aliphatic heterocycles. The second kappa shape index (κ2) is 12.8. The maximum atomic E-state index is 13.0. The van der Waals surface area contributed by atoms with Gasteiger partial charge in [-0.2, -0.15) is 5.26 Å². The van der Waals surface area contributed by atoms with Crippen LogP contribution in [0.5, 0.6) is 5.75 Å². The molecule has 2 N–H and O–H groups in total. The smallest absolute Gasteiger partial charge is 0.337 e. The Labute approximate surface area is 222 Å². The Morgan fingerprint density at radius 2 is 1.89 bits per heavy atom. The maximum absolute atomic E-state index is 13.0. The van der Waals surface area contributed by atoms with E-state index in [0.717, 1.165) is 22.4 Å². The van der Waals surface area contributed by atoms with Crippen LogP contribution in [0.15, 0.2) is 77.0 Å². The number of allylic oxidation sites excluding steroid dienone is 2. The Morgan fingerprint density at radius 1 is 1.16 bits per heavy atom. The number of aryl methyl sites for hydroxylation is 2. The molecule has 1 atom stereocenters. The third-order valence-corrected chi connectivity index (χ3v) is 6.88. The van der Waals surface area contributed by atoms with E-state index in [1.807, 2.05) is 63.2 Å². The molecule has 0 unspecified atom stereocenters. The Bertz CT molecular complexity index is 1290. The van der Waals surface area contributed by atoms with Crippen LogP contribution in [0.25, 0.3) is 0 Å². The molecule has 0 aliphatic carbocycles. The number of hydrogen-bond acceptors (Lipinski definition) is 7. The minimum absolute atomic E-state index is 0.0531. The molecule has 37 heavy (non-hydrogen) atoms. The fourth-order valence-corrected chi connectivity index (χ4v) is 4.81. The molecule has 0 saturated carbocycles. The molecule has 1 aliphatic rings. The summed E-state index contributed by atoms with van der Waals surface area (Å²) in [7, 11) is 0. The number of ether oxygens (including phenoxy) is 2. The topological polar surface area (TPSA) is 100 Å². The van der Waals surface area contributed by atoms with Gasteiger partial charge in [0.1, 0.15) is 12.4 Å². The predicted octanol–water partition coefficient (Wildman–Crippen LogP) is 5.50. The molecule has 2 aromatic carbocycles. The van der Waals surface area contributed by atoms with Crippen molar-refractivity contribution in [1.29, 1.82) is 5.26 Å². The van der Waals surface area contributed by atoms with E-state index in [0.29, 0.717) is 34.2 Å². The quantitative estimate of drug-likeness (QED) is 0.317. The highest BCUT2D eigenvalue weighted by Gasteiger charge is 2.35. The first-order chi connectivity index (χ1) is 17.8. The molecule has 0 bridgehead atoms. The van der Waals surface area contributed by atoms with Crippen LogP contribution in [0, 0.1) is 25.2 Å². The first kappa shape index (κ1) is 27.6. The lowest BCUT2D eigenvalue weighted by Crippen LogP contribution is -2.29. The third-order valence-electron chi connectivity index (χ3n) is 5.86. The zero-order valence-electron chi connectivity index (χ0n) is 21.5. The van der Waals surface area contributed by atoms with Crippen LogP contribution in [0.3, 0.4) is 0 Å². The highest BCUT2D eigenvalue weighted by atomic mass is 32.2. The van der Waals surface area contributed by atoms with Crippen LogP contribution in [0.1, 0.15) is 36.5 Å². The van der Waals surface area contributed by atoms with E-state index in [9.17, 15) is 14.9 Å². The predicted molar refractivity (Wildman–Crippen MR) is 147 cm³/mol. The zero-order chi connectivity index (χ0) is 26.9. The van der Waals surface area contributed by atoms with Crippen molar-refractivity contribution < 1.29 is 19.1 Å². The summed E-state index contributed by atoms with van der Waals surface area (Å²) in [6.45, 7) is 11.8. The van der Waals surface area contributed by atoms with Crippen LogP contribution < -0.4 is 15.4 Å². The van der Waals surface area contributed by atoms with Gasteiger partial charge in [0.15, 0.2) is 0 Å². The largest absolute Gasteiger partial charge is 0.494 e. The van der Waals surface area contributed by atoms with Gasteiger partial charge in [-0.05, 0) is 68.7 Å². The molecule has 2 aromatic rings. The van der Waals surface area contributed by atoms with Gasteiger partial charge >= 0.3 is 5.97 Å². The number of nitrogens with zero attached hydrogens (tertiary/aromatic N) is 1. The normalized spacial score (nSPS) is 14.9. The van der Waals surface area contributed by atoms with Crippen molar-refractivity contribution >= 4 is 29.3 Å². The SMILES string of the molecule is C=CCOC(=O)C1=C(C)NC(SCC(=O)Nc2ccc(C)c(C)c2)=C(C#N)[C@@H]1c1ccc(OCC)cc1. The van der Waals surface area contributed by atoms with Crippen molar-refractivity contribution in [2.45, 2.75) is 33.6 Å². The van der Waals surface area contributed by atoms with Gasteiger partial charge in [-0.3, -0.25) is 4.79 Å². The van der Waals surface area contributed by atoms with Gasteiger partial charge in [0.2, 0.25) is 5.91 Å². The minimum atomic E-state index is -0.662. The Kier molecular flexibility index (Phi) is 9.58. The second-order valence-corrected chi connectivity index (χ2v) is 9.46. The Hall–Kier alpha value is -3.96. The van der Waals surface area contributed by atoms with Crippen LogP contribution in [0.4, 0.5) is 5.69 Å². The summed E-state index contributed by atoms with van der Waals surface area (Å²) in [5, 5.41) is 16.8. The number of dihydropyridines is 1. The number of hydrogen-bond donors (Lipinski definition) is 2. The van der Waals surface area contributed by atoms with Crippen molar-refractivity contribution in [1.82, 2.24) is 5.32 Å². The second-order valence-electron chi connectivity index (χ2n) is 8.48. The van der Waals surface area contributed by atoms with Crippen molar-refractivity contribution in [3.8, 4) is 11.8 Å². The molecule has 7 nitrogen and oxygen atoms in total. The van der Waals surface area contributed by atoms with E-state index in [-0.39, 0.29) is 18.3 Å². The Balaban J connectivity index is 1.90. The van der Waals surface area contributed by atoms with Gasteiger partial charge in [-0.25, -0.2) is 4.79 Å². The summed E-state index contributed by atoms with van der Waals surface area (Å²) in [4.78, 5) is 25.7. The minimum Gasteiger partial charge on any atom is -0.494 e. The molecule has 0 fully saturated rings. The number of anilines is 1. The molecule has 192 valence electrons. The summed E-state index contributed by atoms with van der Waals surface area (Å²) >= 11 is 1.22. The number of rotatable bonds is 10. The molecule has 0 saturated heterocycles. The number of esters is 1. The number of thioether (sulfide) groups is 1. The van der Waals surface area contributed by atoms with Gasteiger partial charge in [0.05, 0.1) is 40.5 Å². The maximum Gasteiger partial charge on any atom is 0.337 e. The summed E-state index contributed by atoms with van der Waals surface area (Å²) in [6, 6.07) is 15.3. The molecular formula is C29H31N3O4S. The lowest BCUT2D eigenvalue weighted by Gasteiger charge is -2.29. The molecule has 0 aromatic heterocycles. The molecule has 1 heterocycles. The van der Waals surface area contributed by atoms with Gasteiger partial charge in [0.25, 0.3) is 0 Å². The first-order valence-corrected chi connectivity index (χ1v) is 12.9. The number of amides is 1. The fraction of sp³-hybridized carbons (Fsp3) is 0.276. The highest BCUT2D eigenvalue weighted by molar-refractivity contribution is 8.03. The lowest BCUT2D eigenvalue weighted by molar-refractivity contribution is -0.138. The summed E-state index contributed by atoms with van der Waals surface area (Å²) in [5.74, 6) is -0.621. The monoisotopic (exact) mass is 517 g/mol. The van der Waals surface area contributed by atoms with Gasteiger partial charge in [0, 0.05) is 11.4 Å². The van der Waals surface area contributed by atoms with Crippen molar-refractivity contribution in [2.24, 2.45) is 0 Å². The van der Waals surface area contributed by atoms with E-state index < -0.39 is 11.9 Å². The molecule has 3 rings (SSSR count). The number of carbonyl (C=O) groups excluding carboxylic acids is 2. The van der Waals surface area contributed by atoms with Crippen LogP contribution >= 0.6 is 11.8 Å². The van der Waals surface area contributed by atoms with E-state index in [1.54, 1.807) is 6.92 Å². The van der Waals surface area contributed by atoms with E-state index in [4.69, 9.17) is 9.47 Å². The van der Waals surface area contributed by atoms with Crippen LogP contribution in [-0.4, -0.2) is 30.8 Å². The molecule has 0 radical (unpaired) electrons. The van der Waals surface area contributed by atoms with Crippen molar-refractivity contribution in [3.05, 3.63) is 93.7 Å². The summed E-state index contributed by atoms with van der Waals surface area (Å²) in [6.07, 6.45) is 1.49. The standard InChI is InChI=1S/C29H31N3O4S/c1-6-14-36-29(34)26-20(5)31-28(37-17-25(33)32-22-11-8-18(3)19(4)15-22)24(16-30)27(26)21-9-12-23(13-10-21)35-7-2/h6,8-13,15,27,31H,1,7,14,17H2,2-5H3,(H,32,33)/t27-/m0/s1. The van der Waals surface area contributed by atoms with E-state index >= 15 is 0 Å². The summed E-state index contributed by atoms with van der Waals surface area (Å²) in [5.41, 5.74) is 4.93.